The van der Waals surface area contributed by atoms with Gasteiger partial charge in [-0.3, -0.25) is 0 Å². The third-order valence-electron chi connectivity index (χ3n) is 4.75. The molecule has 0 bridgehead atoms. The molecule has 0 amide bonds. The van der Waals surface area contributed by atoms with Crippen molar-refractivity contribution in [2.24, 2.45) is 0 Å². The highest BCUT2D eigenvalue weighted by atomic mass is 32.1. The fourth-order valence-electron chi connectivity index (χ4n) is 3.20. The standard InChI is InChI=1S/C15H28O10S/c16-3-1-2-6-9(18)12(21)14(7(4-17)23-6)25-15-13(22)11(20)10(19)8(5-26)24-15/h6-22,26H,1-5H2/t6-,7?,8?,9?,10-,11?,12?,13?,14+,15-/m0/s1. The second-order valence-electron chi connectivity index (χ2n) is 6.54. The minimum atomic E-state index is -1.61. The topological polar surface area (TPSA) is 169 Å². The van der Waals surface area contributed by atoms with Crippen molar-refractivity contribution in [3.05, 3.63) is 0 Å². The zero-order chi connectivity index (χ0) is 19.4. The summed E-state index contributed by atoms with van der Waals surface area (Å²) in [4.78, 5) is 0. The van der Waals surface area contributed by atoms with E-state index in [9.17, 15) is 30.6 Å². The Labute approximate surface area is 156 Å². The lowest BCUT2D eigenvalue weighted by Gasteiger charge is -2.46. The molecule has 2 heterocycles. The molecule has 6 unspecified atom stereocenters. The average Bonchev–Trinajstić information content (AvgIpc) is 2.64. The van der Waals surface area contributed by atoms with Gasteiger partial charge in [-0.05, 0) is 12.8 Å². The van der Waals surface area contributed by atoms with Gasteiger partial charge in [0, 0.05) is 12.4 Å². The van der Waals surface area contributed by atoms with Crippen molar-refractivity contribution in [2.45, 2.75) is 74.1 Å². The first-order valence-electron chi connectivity index (χ1n) is 8.55. The maximum absolute atomic E-state index is 10.4. The third kappa shape index (κ3) is 4.67. The molecule has 10 nitrogen and oxygen atoms in total. The number of ether oxygens (including phenoxy) is 3. The van der Waals surface area contributed by atoms with Crippen LogP contribution in [0.1, 0.15) is 12.8 Å². The highest BCUT2D eigenvalue weighted by Crippen LogP contribution is 2.30. The Morgan fingerprint density at radius 3 is 2.00 bits per heavy atom. The minimum absolute atomic E-state index is 0.0455. The number of rotatable bonds is 7. The van der Waals surface area contributed by atoms with Crippen LogP contribution in [0.4, 0.5) is 0 Å². The summed E-state index contributed by atoms with van der Waals surface area (Å²) in [5, 5.41) is 68.8. The average molecular weight is 400 g/mol. The molecule has 7 N–H and O–H groups in total. The van der Waals surface area contributed by atoms with Gasteiger partial charge in [0.25, 0.3) is 0 Å². The highest BCUT2D eigenvalue weighted by Gasteiger charge is 2.49. The smallest absolute Gasteiger partial charge is 0.187 e. The predicted octanol–water partition coefficient (Wildman–Crippen LogP) is -3.64. The summed E-state index contributed by atoms with van der Waals surface area (Å²) in [5.74, 6) is 0.0455. The van der Waals surface area contributed by atoms with Crippen molar-refractivity contribution in [2.75, 3.05) is 19.0 Å². The molecule has 0 aromatic heterocycles. The van der Waals surface area contributed by atoms with Gasteiger partial charge >= 0.3 is 0 Å². The molecule has 26 heavy (non-hydrogen) atoms. The lowest BCUT2D eigenvalue weighted by Crippen LogP contribution is -2.64. The molecule has 0 aliphatic carbocycles. The lowest BCUT2D eigenvalue weighted by atomic mass is 9.92. The zero-order valence-corrected chi connectivity index (χ0v) is 15.0. The summed E-state index contributed by atoms with van der Waals surface area (Å²) in [6.45, 7) is -0.645. The van der Waals surface area contributed by atoms with Gasteiger partial charge in [-0.15, -0.1) is 0 Å². The maximum atomic E-state index is 10.4. The van der Waals surface area contributed by atoms with E-state index in [1.54, 1.807) is 0 Å². The lowest BCUT2D eigenvalue weighted by molar-refractivity contribution is -0.337. The van der Waals surface area contributed by atoms with E-state index in [4.69, 9.17) is 19.3 Å². The number of aliphatic hydroxyl groups is 7. The van der Waals surface area contributed by atoms with Gasteiger partial charge in [0.2, 0.25) is 0 Å². The van der Waals surface area contributed by atoms with E-state index in [2.05, 4.69) is 12.6 Å². The van der Waals surface area contributed by atoms with Gasteiger partial charge < -0.3 is 50.0 Å². The molecule has 0 radical (unpaired) electrons. The molecule has 0 saturated carbocycles. The van der Waals surface area contributed by atoms with Crippen LogP contribution in [0.15, 0.2) is 0 Å². The Hall–Kier alpha value is -0.0500. The fourth-order valence-corrected chi connectivity index (χ4v) is 3.50. The maximum Gasteiger partial charge on any atom is 0.187 e. The molecular formula is C15H28O10S. The molecule has 2 aliphatic heterocycles. The summed E-state index contributed by atoms with van der Waals surface area (Å²) in [7, 11) is 0. The summed E-state index contributed by atoms with van der Waals surface area (Å²) >= 11 is 4.00. The predicted molar refractivity (Wildman–Crippen MR) is 89.5 cm³/mol. The third-order valence-corrected chi connectivity index (χ3v) is 5.11. The van der Waals surface area contributed by atoms with Gasteiger partial charge in [0.15, 0.2) is 6.29 Å². The Kier molecular flexibility index (Phi) is 8.50. The molecule has 2 rings (SSSR count). The van der Waals surface area contributed by atoms with E-state index >= 15 is 0 Å². The van der Waals surface area contributed by atoms with Crippen LogP contribution in [0.25, 0.3) is 0 Å². The number of hydrogen-bond donors (Lipinski definition) is 8. The Bertz CT molecular complexity index is 425. The quantitative estimate of drug-likeness (QED) is 0.200. The van der Waals surface area contributed by atoms with Crippen LogP contribution in [0.3, 0.4) is 0 Å². The van der Waals surface area contributed by atoms with Gasteiger partial charge in [0.1, 0.15) is 42.7 Å². The molecular weight excluding hydrogens is 372 g/mol. The van der Waals surface area contributed by atoms with E-state index in [0.29, 0.717) is 6.42 Å². The molecule has 2 fully saturated rings. The van der Waals surface area contributed by atoms with Gasteiger partial charge in [-0.2, -0.15) is 12.6 Å². The molecule has 2 aliphatic rings. The van der Waals surface area contributed by atoms with Crippen molar-refractivity contribution >= 4 is 12.6 Å². The second-order valence-corrected chi connectivity index (χ2v) is 6.91. The normalized spacial score (nSPS) is 47.1. The molecule has 11 heteroatoms. The molecule has 154 valence electrons. The fraction of sp³-hybridized carbons (Fsp3) is 1.00. The monoisotopic (exact) mass is 400 g/mol. The first kappa shape index (κ1) is 22.2. The van der Waals surface area contributed by atoms with Crippen molar-refractivity contribution in [1.82, 2.24) is 0 Å². The first-order chi connectivity index (χ1) is 12.3. The SMILES string of the molecule is OCCC[C@@H]1OC(CO)[C@@H](O[C@@H]2OC(CS)[C@H](O)C(O)C2O)C(O)C1O. The number of thiol groups is 1. The molecule has 0 aromatic rings. The Balaban J connectivity index is 2.09. The van der Waals surface area contributed by atoms with E-state index < -0.39 is 67.8 Å². The molecule has 0 spiro atoms. The Morgan fingerprint density at radius 1 is 0.769 bits per heavy atom. The van der Waals surface area contributed by atoms with Crippen LogP contribution in [0.2, 0.25) is 0 Å². The molecule has 0 aromatic carbocycles. The van der Waals surface area contributed by atoms with E-state index in [0.717, 1.165) is 0 Å². The summed E-state index contributed by atoms with van der Waals surface area (Å²) in [6.07, 6.45) is -12.1. The summed E-state index contributed by atoms with van der Waals surface area (Å²) in [5.41, 5.74) is 0. The zero-order valence-electron chi connectivity index (χ0n) is 14.1. The number of aliphatic hydroxyl groups excluding tert-OH is 7. The number of hydrogen-bond acceptors (Lipinski definition) is 11. The molecule has 10 atom stereocenters. The largest absolute Gasteiger partial charge is 0.396 e. The van der Waals surface area contributed by atoms with Crippen LogP contribution < -0.4 is 0 Å². The van der Waals surface area contributed by atoms with Crippen LogP contribution >= 0.6 is 12.6 Å². The summed E-state index contributed by atoms with van der Waals surface area (Å²) < 4.78 is 16.4. The second kappa shape index (κ2) is 9.94. The van der Waals surface area contributed by atoms with Crippen LogP contribution in [0, 0.1) is 0 Å². The van der Waals surface area contributed by atoms with E-state index in [1.165, 1.54) is 0 Å². The van der Waals surface area contributed by atoms with Crippen molar-refractivity contribution < 1.29 is 50.0 Å². The van der Waals surface area contributed by atoms with Crippen LogP contribution in [0.5, 0.6) is 0 Å². The highest BCUT2D eigenvalue weighted by molar-refractivity contribution is 7.80. The van der Waals surface area contributed by atoms with Crippen molar-refractivity contribution in [3.63, 3.8) is 0 Å². The van der Waals surface area contributed by atoms with Crippen molar-refractivity contribution in [3.8, 4) is 0 Å². The Morgan fingerprint density at radius 2 is 1.42 bits per heavy atom. The van der Waals surface area contributed by atoms with Crippen molar-refractivity contribution in [1.29, 1.82) is 0 Å². The first-order valence-corrected chi connectivity index (χ1v) is 9.18. The van der Waals surface area contributed by atoms with Crippen LogP contribution in [-0.2, 0) is 14.2 Å². The van der Waals surface area contributed by atoms with Gasteiger partial charge in [-0.1, -0.05) is 0 Å². The molecule has 2 saturated heterocycles. The minimum Gasteiger partial charge on any atom is -0.396 e. The van der Waals surface area contributed by atoms with E-state index in [1.807, 2.05) is 0 Å². The van der Waals surface area contributed by atoms with Crippen LogP contribution in [-0.4, -0.2) is 116 Å². The van der Waals surface area contributed by atoms with E-state index in [-0.39, 0.29) is 18.8 Å². The van der Waals surface area contributed by atoms with Gasteiger partial charge in [-0.25, -0.2) is 0 Å². The summed E-state index contributed by atoms with van der Waals surface area (Å²) in [6, 6.07) is 0. The van der Waals surface area contributed by atoms with Gasteiger partial charge in [0.05, 0.1) is 18.8 Å².